The van der Waals surface area contributed by atoms with Crippen LogP contribution in [0.15, 0.2) is 18.2 Å². The minimum Gasteiger partial charge on any atom is -0.0651 e. The Bertz CT molecular complexity index is 334. The van der Waals surface area contributed by atoms with Crippen LogP contribution in [0.1, 0.15) is 81.4 Å². The van der Waals surface area contributed by atoms with Gasteiger partial charge in [0.15, 0.2) is 0 Å². The molecule has 0 saturated heterocycles. The Hall–Kier alpha value is -0.780. The lowest BCUT2D eigenvalue weighted by atomic mass is 9.78. The van der Waals surface area contributed by atoms with E-state index in [0.29, 0.717) is 0 Å². The Kier molecular flexibility index (Phi) is 5.28. The van der Waals surface area contributed by atoms with Gasteiger partial charge in [-0.1, -0.05) is 64.2 Å². The Morgan fingerprint density at radius 3 is 1.94 bits per heavy atom. The van der Waals surface area contributed by atoms with Crippen molar-refractivity contribution >= 4 is 0 Å². The van der Waals surface area contributed by atoms with Crippen molar-refractivity contribution in [1.82, 2.24) is 0 Å². The van der Waals surface area contributed by atoms with Crippen molar-refractivity contribution in [2.75, 3.05) is 0 Å². The minimum absolute atomic E-state index is 0.864. The van der Waals surface area contributed by atoms with Gasteiger partial charge in [0, 0.05) is 0 Å². The van der Waals surface area contributed by atoms with Gasteiger partial charge in [0.2, 0.25) is 0 Å². The van der Waals surface area contributed by atoms with Gasteiger partial charge < -0.3 is 0 Å². The van der Waals surface area contributed by atoms with Crippen molar-refractivity contribution in [3.63, 3.8) is 0 Å². The first-order valence-corrected chi connectivity index (χ1v) is 7.97. The van der Waals surface area contributed by atoms with Crippen LogP contribution in [0.2, 0.25) is 0 Å². The summed E-state index contributed by atoms with van der Waals surface area (Å²) in [6, 6.07) is 7.04. The van der Waals surface area contributed by atoms with Crippen molar-refractivity contribution < 1.29 is 0 Å². The molecule has 0 amide bonds. The number of aryl methyl sites for hydroxylation is 2. The van der Waals surface area contributed by atoms with E-state index >= 15 is 0 Å². The second kappa shape index (κ2) is 6.97. The molecule has 1 aliphatic rings. The lowest BCUT2D eigenvalue weighted by Gasteiger charge is -2.27. The maximum atomic E-state index is 2.38. The van der Waals surface area contributed by atoms with Crippen molar-refractivity contribution in [3.05, 3.63) is 34.9 Å². The van der Waals surface area contributed by atoms with Gasteiger partial charge >= 0.3 is 0 Å². The summed E-state index contributed by atoms with van der Waals surface area (Å²) in [6.45, 7) is 4.61. The maximum absolute atomic E-state index is 2.38. The Labute approximate surface area is 113 Å². The van der Waals surface area contributed by atoms with Gasteiger partial charge in [-0.15, -0.1) is 0 Å². The van der Waals surface area contributed by atoms with E-state index in [2.05, 4.69) is 32.0 Å². The molecule has 1 aromatic rings. The van der Waals surface area contributed by atoms with Gasteiger partial charge in [-0.2, -0.15) is 0 Å². The molecule has 1 aromatic carbocycles. The van der Waals surface area contributed by atoms with E-state index in [0.717, 1.165) is 5.92 Å². The highest BCUT2D eigenvalue weighted by atomic mass is 14.3. The molecule has 0 N–H and O–H groups in total. The van der Waals surface area contributed by atoms with E-state index in [1.54, 1.807) is 16.7 Å². The van der Waals surface area contributed by atoms with Crippen LogP contribution in [0.5, 0.6) is 0 Å². The summed E-state index contributed by atoms with van der Waals surface area (Å²) >= 11 is 0. The van der Waals surface area contributed by atoms with E-state index in [-0.39, 0.29) is 0 Å². The van der Waals surface area contributed by atoms with Crippen molar-refractivity contribution in [2.45, 2.75) is 77.6 Å². The molecule has 0 atom stereocenters. The third kappa shape index (κ3) is 3.16. The fourth-order valence-corrected chi connectivity index (χ4v) is 3.56. The molecule has 1 fully saturated rings. The third-order valence-electron chi connectivity index (χ3n) is 4.34. The van der Waals surface area contributed by atoms with E-state index in [9.17, 15) is 0 Å². The van der Waals surface area contributed by atoms with Crippen LogP contribution < -0.4 is 0 Å². The molecular formula is C18H28. The van der Waals surface area contributed by atoms with Gasteiger partial charge in [-0.3, -0.25) is 0 Å². The standard InChI is InChI=1S/C18H28/c1-3-9-15-13-8-14-16(10-4-2)18(15)17-11-6-5-7-12-17/h8,13-14,17H,3-7,9-12H2,1-2H3. The summed E-state index contributed by atoms with van der Waals surface area (Å²) in [5.41, 5.74) is 5.05. The zero-order valence-electron chi connectivity index (χ0n) is 12.2. The molecule has 18 heavy (non-hydrogen) atoms. The van der Waals surface area contributed by atoms with E-state index < -0.39 is 0 Å². The smallest absolute Gasteiger partial charge is 0.0157 e. The van der Waals surface area contributed by atoms with Crippen LogP contribution in [0.3, 0.4) is 0 Å². The lowest BCUT2D eigenvalue weighted by molar-refractivity contribution is 0.439. The molecule has 0 bridgehead atoms. The van der Waals surface area contributed by atoms with Crippen molar-refractivity contribution in [1.29, 1.82) is 0 Å². The predicted molar refractivity (Wildman–Crippen MR) is 80.3 cm³/mol. The molecule has 1 saturated carbocycles. The van der Waals surface area contributed by atoms with Crippen LogP contribution in [-0.4, -0.2) is 0 Å². The second-order valence-electron chi connectivity index (χ2n) is 5.82. The molecule has 0 radical (unpaired) electrons. The number of hydrogen-bond donors (Lipinski definition) is 0. The monoisotopic (exact) mass is 244 g/mol. The highest BCUT2D eigenvalue weighted by molar-refractivity contribution is 5.38. The van der Waals surface area contributed by atoms with Gasteiger partial charge in [0.05, 0.1) is 0 Å². The van der Waals surface area contributed by atoms with Crippen LogP contribution in [-0.2, 0) is 12.8 Å². The normalized spacial score (nSPS) is 17.0. The van der Waals surface area contributed by atoms with Crippen molar-refractivity contribution in [3.8, 4) is 0 Å². The molecule has 1 aliphatic carbocycles. The molecule has 0 heterocycles. The fraction of sp³-hybridized carbons (Fsp3) is 0.667. The van der Waals surface area contributed by atoms with Crippen molar-refractivity contribution in [2.24, 2.45) is 0 Å². The topological polar surface area (TPSA) is 0 Å². The quantitative estimate of drug-likeness (QED) is 0.629. The predicted octanol–water partition coefficient (Wildman–Crippen LogP) is 5.64. The highest BCUT2D eigenvalue weighted by Gasteiger charge is 2.20. The van der Waals surface area contributed by atoms with Gasteiger partial charge in [-0.05, 0) is 48.3 Å². The summed E-state index contributed by atoms with van der Waals surface area (Å²) in [4.78, 5) is 0. The molecule has 0 unspecified atom stereocenters. The molecule has 0 nitrogen and oxygen atoms in total. The number of benzene rings is 1. The zero-order chi connectivity index (χ0) is 12.8. The summed E-state index contributed by atoms with van der Waals surface area (Å²) in [5.74, 6) is 0.864. The Morgan fingerprint density at radius 2 is 1.44 bits per heavy atom. The molecule has 0 heteroatoms. The second-order valence-corrected chi connectivity index (χ2v) is 5.82. The molecule has 0 aliphatic heterocycles. The largest absolute Gasteiger partial charge is 0.0651 e. The summed E-state index contributed by atoms with van der Waals surface area (Å²) in [7, 11) is 0. The first-order valence-electron chi connectivity index (χ1n) is 7.97. The van der Waals surface area contributed by atoms with E-state index in [4.69, 9.17) is 0 Å². The summed E-state index contributed by atoms with van der Waals surface area (Å²) in [5, 5.41) is 0. The third-order valence-corrected chi connectivity index (χ3v) is 4.34. The van der Waals surface area contributed by atoms with Crippen LogP contribution in [0, 0.1) is 0 Å². The molecule has 2 rings (SSSR count). The van der Waals surface area contributed by atoms with Crippen LogP contribution >= 0.6 is 0 Å². The molecular weight excluding hydrogens is 216 g/mol. The molecule has 0 aromatic heterocycles. The molecule has 100 valence electrons. The van der Waals surface area contributed by atoms with Crippen LogP contribution in [0.4, 0.5) is 0 Å². The van der Waals surface area contributed by atoms with Gasteiger partial charge in [0.25, 0.3) is 0 Å². The number of hydrogen-bond acceptors (Lipinski definition) is 0. The maximum Gasteiger partial charge on any atom is -0.0157 e. The summed E-state index contributed by atoms with van der Waals surface area (Å²) < 4.78 is 0. The first-order chi connectivity index (χ1) is 8.86. The minimum atomic E-state index is 0.864. The molecule has 0 spiro atoms. The lowest BCUT2D eigenvalue weighted by Crippen LogP contribution is -2.10. The Balaban J connectivity index is 2.31. The van der Waals surface area contributed by atoms with Crippen LogP contribution in [0.25, 0.3) is 0 Å². The SMILES string of the molecule is CCCc1cccc(CCC)c1C1CCCCC1. The highest BCUT2D eigenvalue weighted by Crippen LogP contribution is 2.37. The number of rotatable bonds is 5. The summed E-state index contributed by atoms with van der Waals surface area (Å²) in [6.07, 6.45) is 12.3. The van der Waals surface area contributed by atoms with E-state index in [1.165, 1.54) is 57.8 Å². The fourth-order valence-electron chi connectivity index (χ4n) is 3.56. The average Bonchev–Trinajstić information content (AvgIpc) is 2.41. The van der Waals surface area contributed by atoms with Gasteiger partial charge in [0.1, 0.15) is 0 Å². The Morgan fingerprint density at radius 1 is 0.889 bits per heavy atom. The zero-order valence-corrected chi connectivity index (χ0v) is 12.2. The first kappa shape index (κ1) is 13.6. The van der Waals surface area contributed by atoms with Gasteiger partial charge in [-0.25, -0.2) is 0 Å². The average molecular weight is 244 g/mol. The van der Waals surface area contributed by atoms with E-state index in [1.807, 2.05) is 0 Å².